The summed E-state index contributed by atoms with van der Waals surface area (Å²) in [5.41, 5.74) is -1.76. The van der Waals surface area contributed by atoms with E-state index in [9.17, 15) is 36.6 Å². The van der Waals surface area contributed by atoms with Crippen LogP contribution < -0.4 is 5.32 Å². The molecule has 3 heterocycles. The van der Waals surface area contributed by atoms with E-state index in [1.165, 1.54) is 35.1 Å². The Bertz CT molecular complexity index is 1410. The van der Waals surface area contributed by atoms with E-state index in [1.54, 1.807) is 6.92 Å². The zero-order chi connectivity index (χ0) is 26.6. The van der Waals surface area contributed by atoms with Gasteiger partial charge < -0.3 is 25.1 Å². The molecule has 0 radical (unpaired) electrons. The van der Waals surface area contributed by atoms with Crippen molar-refractivity contribution in [1.29, 1.82) is 0 Å². The largest absolute Gasteiger partial charge is 0.393 e. The van der Waals surface area contributed by atoms with E-state index in [1.807, 2.05) is 0 Å². The molecule has 9 nitrogen and oxygen atoms in total. The minimum absolute atomic E-state index is 0.0143. The van der Waals surface area contributed by atoms with Crippen molar-refractivity contribution in [3.05, 3.63) is 47.5 Å². The van der Waals surface area contributed by atoms with Gasteiger partial charge in [0.2, 0.25) is 0 Å². The van der Waals surface area contributed by atoms with Crippen molar-refractivity contribution in [1.82, 2.24) is 13.9 Å². The summed E-state index contributed by atoms with van der Waals surface area (Å²) in [6.45, 7) is 2.63. The van der Waals surface area contributed by atoms with Crippen LogP contribution >= 0.6 is 0 Å². The molecule has 1 saturated heterocycles. The number of carbonyl (C=O) groups excluding carboxylic acids is 1. The number of H-pyrrole nitrogens is 1. The highest BCUT2D eigenvalue weighted by molar-refractivity contribution is 7.89. The third kappa shape index (κ3) is 4.40. The predicted octanol–water partition coefficient (Wildman–Crippen LogP) is 2.85. The van der Waals surface area contributed by atoms with Gasteiger partial charge in [0, 0.05) is 48.5 Å². The van der Waals surface area contributed by atoms with Crippen LogP contribution in [-0.4, -0.2) is 62.7 Å². The van der Waals surface area contributed by atoms with Crippen LogP contribution in [0.3, 0.4) is 0 Å². The maximum Gasteiger partial charge on any atom is 0.273 e. The fourth-order valence-electron chi connectivity index (χ4n) is 4.93. The van der Waals surface area contributed by atoms with E-state index in [-0.39, 0.29) is 33.7 Å². The number of sulfonamides is 1. The number of aromatic amines is 1. The van der Waals surface area contributed by atoms with Gasteiger partial charge in [0.25, 0.3) is 15.9 Å². The molecule has 0 aliphatic carbocycles. The Morgan fingerprint density at radius 2 is 1.89 bits per heavy atom. The Kier molecular flexibility index (Phi) is 6.71. The maximum atomic E-state index is 14.0. The molecule has 36 heavy (non-hydrogen) atoms. The first kappa shape index (κ1) is 26.2. The van der Waals surface area contributed by atoms with E-state index in [2.05, 4.69) is 10.3 Å². The Hall–Kier alpha value is -2.87. The van der Waals surface area contributed by atoms with Crippen molar-refractivity contribution in [2.45, 2.75) is 55.8 Å². The highest BCUT2D eigenvalue weighted by Gasteiger charge is 2.45. The van der Waals surface area contributed by atoms with Crippen molar-refractivity contribution >= 4 is 32.5 Å². The van der Waals surface area contributed by atoms with Crippen LogP contribution in [0.4, 0.5) is 18.9 Å². The number of carbonyl (C=O) groups is 1. The second kappa shape index (κ2) is 9.21. The van der Waals surface area contributed by atoms with Gasteiger partial charge in [-0.05, 0) is 39.2 Å². The molecule has 0 spiro atoms. The maximum absolute atomic E-state index is 14.0. The summed E-state index contributed by atoms with van der Waals surface area (Å²) in [6, 6.07) is 1.74. The minimum Gasteiger partial charge on any atom is -0.393 e. The fraction of sp³-hybridized carbons (Fsp3) is 0.435. The van der Waals surface area contributed by atoms with Crippen LogP contribution in [-0.2, 0) is 17.1 Å². The van der Waals surface area contributed by atoms with Crippen molar-refractivity contribution in [2.24, 2.45) is 7.05 Å². The number of nitrogens with one attached hydrogen (secondary N) is 2. The van der Waals surface area contributed by atoms with Crippen molar-refractivity contribution in [3.8, 4) is 0 Å². The lowest BCUT2D eigenvalue weighted by Crippen LogP contribution is -2.45. The molecule has 2 aromatic heterocycles. The number of hydrogen-bond donors (Lipinski definition) is 4. The summed E-state index contributed by atoms with van der Waals surface area (Å²) in [7, 11) is -2.85. The summed E-state index contributed by atoms with van der Waals surface area (Å²) < 4.78 is 70.9. The molecular formula is C23H27F3N4O5S. The fourth-order valence-corrected chi connectivity index (χ4v) is 7.15. The van der Waals surface area contributed by atoms with Gasteiger partial charge in [-0.25, -0.2) is 21.6 Å². The van der Waals surface area contributed by atoms with Gasteiger partial charge in [-0.15, -0.1) is 0 Å². The lowest BCUT2D eigenvalue weighted by atomic mass is 9.97. The molecule has 4 rings (SSSR count). The Balaban J connectivity index is 1.76. The van der Waals surface area contributed by atoms with Gasteiger partial charge >= 0.3 is 0 Å². The summed E-state index contributed by atoms with van der Waals surface area (Å²) >= 11 is 0. The standard InChI is InChI=1S/C23H27F3N4O5S/c1-12-4-5-14(10-23(2,33)11-31)30(12)36(34,35)22-19-15(6-7-27-19)20(29(22)3)21(32)28-13-8-16(24)18(26)17(25)9-13/h6-9,12,14,27,31,33H,4-5,10-11H2,1-3H3,(H,28,32). The van der Waals surface area contributed by atoms with Crippen molar-refractivity contribution in [3.63, 3.8) is 0 Å². The number of fused-ring (bicyclic) bond motifs is 1. The lowest BCUT2D eigenvalue weighted by Gasteiger charge is -2.32. The number of anilines is 1. The SMILES string of the molecule is CC1CCC(CC(C)(O)CO)N1S(=O)(=O)c1c2[nH]ccc2c(C(=O)Nc2cc(F)c(F)c(F)c2)n1C. The smallest absolute Gasteiger partial charge is 0.273 e. The van der Waals surface area contributed by atoms with Gasteiger partial charge in [-0.3, -0.25) is 4.79 Å². The van der Waals surface area contributed by atoms with Gasteiger partial charge in [-0.2, -0.15) is 4.31 Å². The second-order valence-corrected chi connectivity index (χ2v) is 11.2. The predicted molar refractivity (Wildman–Crippen MR) is 125 cm³/mol. The summed E-state index contributed by atoms with van der Waals surface area (Å²) in [4.78, 5) is 16.0. The van der Waals surface area contributed by atoms with E-state index < -0.39 is 57.7 Å². The van der Waals surface area contributed by atoms with Crippen LogP contribution in [0.2, 0.25) is 0 Å². The van der Waals surface area contributed by atoms with Crippen LogP contribution in [0.5, 0.6) is 0 Å². The van der Waals surface area contributed by atoms with Gasteiger partial charge in [0.15, 0.2) is 22.5 Å². The number of aliphatic hydroxyl groups is 2. The first-order valence-electron chi connectivity index (χ1n) is 11.3. The molecule has 1 aliphatic heterocycles. The number of nitrogens with zero attached hydrogens (tertiary/aromatic N) is 2. The molecule has 1 amide bonds. The van der Waals surface area contributed by atoms with Crippen LogP contribution in [0.1, 0.15) is 43.6 Å². The summed E-state index contributed by atoms with van der Waals surface area (Å²) in [5.74, 6) is -5.51. The molecular weight excluding hydrogens is 501 g/mol. The lowest BCUT2D eigenvalue weighted by molar-refractivity contribution is -0.0170. The number of benzene rings is 1. The molecule has 0 saturated carbocycles. The monoisotopic (exact) mass is 528 g/mol. The molecule has 1 aliphatic rings. The number of hydrogen-bond acceptors (Lipinski definition) is 5. The minimum atomic E-state index is -4.23. The van der Waals surface area contributed by atoms with E-state index in [0.717, 1.165) is 0 Å². The van der Waals surface area contributed by atoms with E-state index in [0.29, 0.717) is 25.0 Å². The number of aromatic nitrogens is 2. The van der Waals surface area contributed by atoms with Crippen molar-refractivity contribution < 1.29 is 36.6 Å². The van der Waals surface area contributed by atoms with Crippen molar-refractivity contribution in [2.75, 3.05) is 11.9 Å². The molecule has 3 aromatic rings. The molecule has 3 atom stereocenters. The third-order valence-electron chi connectivity index (χ3n) is 6.56. The second-order valence-electron chi connectivity index (χ2n) is 9.46. The molecule has 13 heteroatoms. The molecule has 1 fully saturated rings. The normalized spacial score (nSPS) is 20.7. The molecule has 3 unspecified atom stereocenters. The Morgan fingerprint density at radius 3 is 2.50 bits per heavy atom. The Labute approximate surface area is 205 Å². The van der Waals surface area contributed by atoms with Gasteiger partial charge in [-0.1, -0.05) is 0 Å². The van der Waals surface area contributed by atoms with Gasteiger partial charge in [0.05, 0.1) is 17.7 Å². The van der Waals surface area contributed by atoms with E-state index in [4.69, 9.17) is 0 Å². The zero-order valence-electron chi connectivity index (χ0n) is 19.8. The molecule has 0 bridgehead atoms. The first-order chi connectivity index (χ1) is 16.8. The number of amides is 1. The van der Waals surface area contributed by atoms with Crippen LogP contribution in [0.15, 0.2) is 29.4 Å². The molecule has 196 valence electrons. The number of halogens is 3. The first-order valence-corrected chi connectivity index (χ1v) is 12.7. The van der Waals surface area contributed by atoms with Crippen LogP contribution in [0.25, 0.3) is 10.9 Å². The highest BCUT2D eigenvalue weighted by Crippen LogP contribution is 2.38. The summed E-state index contributed by atoms with van der Waals surface area (Å²) in [6.07, 6.45) is 2.49. The Morgan fingerprint density at radius 1 is 1.25 bits per heavy atom. The van der Waals surface area contributed by atoms with Crippen LogP contribution in [0, 0.1) is 17.5 Å². The zero-order valence-corrected chi connectivity index (χ0v) is 20.7. The third-order valence-corrected chi connectivity index (χ3v) is 8.74. The average molecular weight is 529 g/mol. The molecule has 4 N–H and O–H groups in total. The number of aliphatic hydroxyl groups excluding tert-OH is 1. The summed E-state index contributed by atoms with van der Waals surface area (Å²) in [5, 5.41) is 22.2. The quantitative estimate of drug-likeness (QED) is 0.351. The highest BCUT2D eigenvalue weighted by atomic mass is 32.2. The number of rotatable bonds is 7. The van der Waals surface area contributed by atoms with Gasteiger partial charge in [0.1, 0.15) is 5.69 Å². The van der Waals surface area contributed by atoms with E-state index >= 15 is 0 Å². The molecule has 1 aromatic carbocycles. The average Bonchev–Trinajstić information content (AvgIpc) is 3.45. The topological polar surface area (TPSA) is 128 Å².